The largest absolute Gasteiger partial charge is 0.369 e. The molecule has 2 N–H and O–H groups in total. The summed E-state index contributed by atoms with van der Waals surface area (Å²) in [5.41, 5.74) is 3.61. The van der Waals surface area contributed by atoms with Gasteiger partial charge >= 0.3 is 0 Å². The van der Waals surface area contributed by atoms with Crippen molar-refractivity contribution in [1.82, 2.24) is 14.9 Å². The van der Waals surface area contributed by atoms with Crippen LogP contribution in [0.5, 0.6) is 0 Å². The summed E-state index contributed by atoms with van der Waals surface area (Å²) in [6, 6.07) is 12.3. The van der Waals surface area contributed by atoms with Crippen molar-refractivity contribution in [3.8, 4) is 11.3 Å². The van der Waals surface area contributed by atoms with Gasteiger partial charge in [-0.2, -0.15) is 4.98 Å². The Morgan fingerprint density at radius 1 is 1.00 bits per heavy atom. The number of likely N-dealkylation sites (N-methyl/N-ethyl adjacent to an activating group) is 1. The van der Waals surface area contributed by atoms with Crippen molar-refractivity contribution in [2.24, 2.45) is 0 Å². The normalized spacial score (nSPS) is 14.1. The van der Waals surface area contributed by atoms with Crippen LogP contribution in [0.3, 0.4) is 0 Å². The van der Waals surface area contributed by atoms with Gasteiger partial charge in [0.05, 0.1) is 5.69 Å². The van der Waals surface area contributed by atoms with Crippen LogP contribution < -0.4 is 10.6 Å². The zero-order chi connectivity index (χ0) is 18.9. The van der Waals surface area contributed by atoms with Crippen LogP contribution in [0.4, 0.5) is 11.8 Å². The van der Waals surface area contributed by atoms with Crippen LogP contribution in [-0.2, 0) is 0 Å². The minimum absolute atomic E-state index is 0.695. The molecule has 1 aliphatic carbocycles. The number of nitrogens with one attached hydrogen (secondary N) is 2. The molecule has 1 aromatic heterocycles. The molecular weight excluding hydrogens is 334 g/mol. The Morgan fingerprint density at radius 3 is 2.59 bits per heavy atom. The third-order valence-corrected chi connectivity index (χ3v) is 4.78. The lowest BCUT2D eigenvalue weighted by atomic mass is 9.97. The fraction of sp³-hybridized carbons (Fsp3) is 0.455. The van der Waals surface area contributed by atoms with Crippen LogP contribution in [0.2, 0.25) is 0 Å². The molecule has 0 saturated heterocycles. The number of hydrogen-bond acceptors (Lipinski definition) is 5. The van der Waals surface area contributed by atoms with Gasteiger partial charge in [-0.15, -0.1) is 0 Å². The van der Waals surface area contributed by atoms with E-state index in [-0.39, 0.29) is 0 Å². The lowest BCUT2D eigenvalue weighted by molar-refractivity contribution is 0.425. The molecule has 0 amide bonds. The summed E-state index contributed by atoms with van der Waals surface area (Å²) in [6.45, 7) is 2.69. The van der Waals surface area contributed by atoms with Gasteiger partial charge in [0, 0.05) is 31.3 Å². The van der Waals surface area contributed by atoms with Gasteiger partial charge in [0.2, 0.25) is 5.95 Å². The molecule has 0 fully saturated rings. The molecule has 0 saturated carbocycles. The van der Waals surface area contributed by atoms with Crippen LogP contribution in [0, 0.1) is 0 Å². The van der Waals surface area contributed by atoms with E-state index in [1.165, 1.54) is 25.7 Å². The second-order valence-electron chi connectivity index (χ2n) is 7.34. The second kappa shape index (κ2) is 10.1. The highest BCUT2D eigenvalue weighted by Gasteiger charge is 2.08. The van der Waals surface area contributed by atoms with E-state index < -0.39 is 0 Å². The number of nitrogens with zero attached hydrogens (tertiary/aromatic N) is 3. The monoisotopic (exact) mass is 365 g/mol. The summed E-state index contributed by atoms with van der Waals surface area (Å²) < 4.78 is 0. The fourth-order valence-corrected chi connectivity index (χ4v) is 3.25. The maximum atomic E-state index is 4.74. The molecule has 0 atom stereocenters. The van der Waals surface area contributed by atoms with E-state index >= 15 is 0 Å². The summed E-state index contributed by atoms with van der Waals surface area (Å²) >= 11 is 0. The van der Waals surface area contributed by atoms with E-state index in [0.717, 1.165) is 43.1 Å². The van der Waals surface area contributed by atoms with Gasteiger partial charge in [-0.25, -0.2) is 4.98 Å². The van der Waals surface area contributed by atoms with E-state index in [1.54, 1.807) is 5.57 Å². The third kappa shape index (κ3) is 6.36. The Bertz CT molecular complexity index is 740. The van der Waals surface area contributed by atoms with Crippen LogP contribution in [0.1, 0.15) is 32.1 Å². The van der Waals surface area contributed by atoms with Gasteiger partial charge in [0.25, 0.3) is 0 Å². The molecular formula is C22H31N5. The molecule has 5 heteroatoms. The van der Waals surface area contributed by atoms with Gasteiger partial charge in [0.1, 0.15) is 5.82 Å². The fourth-order valence-electron chi connectivity index (χ4n) is 3.25. The maximum absolute atomic E-state index is 4.74. The van der Waals surface area contributed by atoms with Crippen molar-refractivity contribution in [3.63, 3.8) is 0 Å². The Morgan fingerprint density at radius 2 is 1.85 bits per heavy atom. The number of hydrogen-bond donors (Lipinski definition) is 2. The lowest BCUT2D eigenvalue weighted by Gasteiger charge is -2.15. The van der Waals surface area contributed by atoms with Crippen LogP contribution in [0.25, 0.3) is 11.3 Å². The molecule has 0 aliphatic heterocycles. The van der Waals surface area contributed by atoms with E-state index in [2.05, 4.69) is 52.8 Å². The minimum atomic E-state index is 0.695. The first-order chi connectivity index (χ1) is 13.2. The first-order valence-electron chi connectivity index (χ1n) is 9.95. The molecule has 27 heavy (non-hydrogen) atoms. The molecule has 0 spiro atoms. The van der Waals surface area contributed by atoms with Crippen molar-refractivity contribution in [3.05, 3.63) is 48.0 Å². The second-order valence-corrected chi connectivity index (χ2v) is 7.34. The number of allylic oxidation sites excluding steroid dienone is 1. The summed E-state index contributed by atoms with van der Waals surface area (Å²) in [6.07, 6.45) is 8.61. The van der Waals surface area contributed by atoms with Crippen LogP contribution in [0.15, 0.2) is 48.0 Å². The Hall–Kier alpha value is -2.40. The smallest absolute Gasteiger partial charge is 0.225 e. The molecule has 0 radical (unpaired) electrons. The highest BCUT2D eigenvalue weighted by atomic mass is 15.2. The van der Waals surface area contributed by atoms with Gasteiger partial charge in [-0.05, 0) is 46.2 Å². The summed E-state index contributed by atoms with van der Waals surface area (Å²) in [4.78, 5) is 11.6. The highest BCUT2D eigenvalue weighted by Crippen LogP contribution is 2.22. The van der Waals surface area contributed by atoms with Gasteiger partial charge in [-0.1, -0.05) is 42.0 Å². The molecule has 1 aliphatic rings. The van der Waals surface area contributed by atoms with E-state index in [9.17, 15) is 0 Å². The number of anilines is 2. The van der Waals surface area contributed by atoms with Crippen LogP contribution in [-0.4, -0.2) is 48.6 Å². The SMILES string of the molecule is CN(C)CCNc1cc(-c2ccccc2)nc(NCCC2=CCCCC2)n1. The first-order valence-corrected chi connectivity index (χ1v) is 9.95. The predicted octanol–water partition coefficient (Wildman–Crippen LogP) is 4.42. The van der Waals surface area contributed by atoms with Crippen molar-refractivity contribution >= 4 is 11.8 Å². The molecule has 1 heterocycles. The molecule has 0 unspecified atom stereocenters. The van der Waals surface area contributed by atoms with Gasteiger partial charge < -0.3 is 15.5 Å². The lowest BCUT2D eigenvalue weighted by Crippen LogP contribution is -2.21. The predicted molar refractivity (Wildman–Crippen MR) is 114 cm³/mol. The van der Waals surface area contributed by atoms with Crippen molar-refractivity contribution in [2.45, 2.75) is 32.1 Å². The van der Waals surface area contributed by atoms with Gasteiger partial charge in [0.15, 0.2) is 0 Å². The first kappa shape index (κ1) is 19.4. The summed E-state index contributed by atoms with van der Waals surface area (Å²) in [5, 5.41) is 6.85. The quantitative estimate of drug-likeness (QED) is 0.644. The molecule has 2 aromatic rings. The van der Waals surface area contributed by atoms with Crippen molar-refractivity contribution in [2.75, 3.05) is 44.4 Å². The number of aromatic nitrogens is 2. The van der Waals surface area contributed by atoms with E-state index in [4.69, 9.17) is 4.98 Å². The number of rotatable bonds is 9. The van der Waals surface area contributed by atoms with E-state index in [1.807, 2.05) is 24.3 Å². The van der Waals surface area contributed by atoms with Gasteiger partial charge in [-0.3, -0.25) is 0 Å². The Kier molecular flexibility index (Phi) is 7.22. The topological polar surface area (TPSA) is 53.1 Å². The molecule has 3 rings (SSSR count). The van der Waals surface area contributed by atoms with E-state index in [0.29, 0.717) is 5.95 Å². The average Bonchev–Trinajstić information content (AvgIpc) is 2.69. The summed E-state index contributed by atoms with van der Waals surface area (Å²) in [7, 11) is 4.15. The third-order valence-electron chi connectivity index (χ3n) is 4.78. The van der Waals surface area contributed by atoms with Crippen molar-refractivity contribution in [1.29, 1.82) is 0 Å². The molecule has 1 aromatic carbocycles. The van der Waals surface area contributed by atoms with Crippen LogP contribution >= 0.6 is 0 Å². The standard InChI is InChI=1S/C22H31N5/c1-27(2)16-15-23-21-17-20(19-11-7-4-8-12-19)25-22(26-21)24-14-13-18-9-5-3-6-10-18/h4,7-9,11-12,17H,3,5-6,10,13-16H2,1-2H3,(H2,23,24,25,26). The Balaban J connectivity index is 1.69. The molecule has 0 bridgehead atoms. The zero-order valence-electron chi connectivity index (χ0n) is 16.5. The minimum Gasteiger partial charge on any atom is -0.369 e. The average molecular weight is 366 g/mol. The number of benzene rings is 1. The zero-order valence-corrected chi connectivity index (χ0v) is 16.5. The molecule has 5 nitrogen and oxygen atoms in total. The summed E-state index contributed by atoms with van der Waals surface area (Å²) in [5.74, 6) is 1.56. The molecule has 144 valence electrons. The van der Waals surface area contributed by atoms with Crippen molar-refractivity contribution < 1.29 is 0 Å². The maximum Gasteiger partial charge on any atom is 0.225 e. The highest BCUT2D eigenvalue weighted by molar-refractivity contribution is 5.64. The Labute approximate surface area is 162 Å².